The normalized spacial score (nSPS) is 16.8. The fourth-order valence-corrected chi connectivity index (χ4v) is 2.97. The molecule has 1 unspecified atom stereocenters. The third-order valence-electron chi connectivity index (χ3n) is 4.18. The minimum atomic E-state index is 0. The summed E-state index contributed by atoms with van der Waals surface area (Å²) in [6.45, 7) is 8.01. The maximum Gasteiger partial charge on any atom is 0.188 e. The summed E-state index contributed by atoms with van der Waals surface area (Å²) < 4.78 is 5.56. The van der Waals surface area contributed by atoms with E-state index in [0.717, 1.165) is 31.9 Å². The van der Waals surface area contributed by atoms with Crippen LogP contribution in [0.4, 0.5) is 0 Å². The number of guanidine groups is 1. The van der Waals surface area contributed by atoms with Crippen LogP contribution in [-0.4, -0.2) is 44.1 Å². The molecule has 1 heterocycles. The molecule has 0 spiro atoms. The van der Waals surface area contributed by atoms with Gasteiger partial charge in [0.25, 0.3) is 0 Å². The van der Waals surface area contributed by atoms with E-state index in [2.05, 4.69) is 41.2 Å². The van der Waals surface area contributed by atoms with Gasteiger partial charge in [-0.2, -0.15) is 0 Å². The molecule has 0 amide bonds. The topological polar surface area (TPSA) is 62.9 Å². The maximum absolute atomic E-state index is 6.01. The van der Waals surface area contributed by atoms with Crippen LogP contribution in [0.1, 0.15) is 38.3 Å². The Bertz CT molecular complexity index is 515. The molecule has 3 N–H and O–H groups in total. The van der Waals surface area contributed by atoms with Gasteiger partial charge in [-0.05, 0) is 37.9 Å². The second-order valence-electron chi connectivity index (χ2n) is 6.50. The minimum absolute atomic E-state index is 0. The summed E-state index contributed by atoms with van der Waals surface area (Å²) in [7, 11) is 1.73. The Morgan fingerprint density at radius 1 is 1.29 bits per heavy atom. The lowest BCUT2D eigenvalue weighted by Crippen LogP contribution is -2.40. The molecule has 1 fully saturated rings. The zero-order valence-corrected chi connectivity index (χ0v) is 17.3. The fourth-order valence-electron chi connectivity index (χ4n) is 2.97. The second-order valence-corrected chi connectivity index (χ2v) is 6.50. The average molecular weight is 446 g/mol. The number of ether oxygens (including phenoxy) is 1. The van der Waals surface area contributed by atoms with E-state index in [-0.39, 0.29) is 30.0 Å². The Morgan fingerprint density at radius 3 is 2.58 bits per heavy atom. The number of hydrogen-bond acceptors (Lipinski definition) is 3. The van der Waals surface area contributed by atoms with Crippen molar-refractivity contribution >= 4 is 29.9 Å². The van der Waals surface area contributed by atoms with Crippen LogP contribution in [0.15, 0.2) is 29.3 Å². The molecule has 24 heavy (non-hydrogen) atoms. The third-order valence-corrected chi connectivity index (χ3v) is 4.18. The molecular formula is C18H31IN4O. The highest BCUT2D eigenvalue weighted by atomic mass is 127. The first kappa shape index (κ1) is 21.0. The zero-order chi connectivity index (χ0) is 16.7. The predicted molar refractivity (Wildman–Crippen MR) is 111 cm³/mol. The van der Waals surface area contributed by atoms with E-state index in [4.69, 9.17) is 10.5 Å². The summed E-state index contributed by atoms with van der Waals surface area (Å²) in [5, 5.41) is 3.30. The van der Waals surface area contributed by atoms with Gasteiger partial charge in [0, 0.05) is 18.7 Å². The molecule has 1 saturated heterocycles. The number of nitrogens with zero attached hydrogens (tertiary/aromatic N) is 2. The van der Waals surface area contributed by atoms with Crippen LogP contribution >= 0.6 is 24.0 Å². The van der Waals surface area contributed by atoms with Gasteiger partial charge in [0.05, 0.1) is 13.2 Å². The highest BCUT2D eigenvalue weighted by Gasteiger charge is 2.25. The Morgan fingerprint density at radius 2 is 1.96 bits per heavy atom. The number of likely N-dealkylation sites (tertiary alicyclic amines) is 1. The summed E-state index contributed by atoms with van der Waals surface area (Å²) >= 11 is 0. The quantitative estimate of drug-likeness (QED) is 0.384. The van der Waals surface area contributed by atoms with Gasteiger partial charge >= 0.3 is 0 Å². The van der Waals surface area contributed by atoms with Crippen LogP contribution in [-0.2, 0) is 0 Å². The molecule has 0 aliphatic carbocycles. The molecule has 5 nitrogen and oxygen atoms in total. The van der Waals surface area contributed by atoms with E-state index in [1.807, 2.05) is 12.1 Å². The number of para-hydroxylation sites is 1. The second kappa shape index (κ2) is 10.8. The number of nitrogens with two attached hydrogens (primary N) is 1. The van der Waals surface area contributed by atoms with Crippen molar-refractivity contribution in [2.45, 2.75) is 32.7 Å². The third kappa shape index (κ3) is 6.12. The van der Waals surface area contributed by atoms with E-state index in [1.54, 1.807) is 7.11 Å². The van der Waals surface area contributed by atoms with Crippen molar-refractivity contribution in [3.8, 4) is 5.75 Å². The number of hydrogen-bond donors (Lipinski definition) is 2. The van der Waals surface area contributed by atoms with E-state index >= 15 is 0 Å². The van der Waals surface area contributed by atoms with E-state index in [9.17, 15) is 0 Å². The van der Waals surface area contributed by atoms with Crippen LogP contribution in [0.5, 0.6) is 5.75 Å². The zero-order valence-electron chi connectivity index (χ0n) is 15.0. The maximum atomic E-state index is 6.01. The van der Waals surface area contributed by atoms with E-state index in [1.165, 1.54) is 18.4 Å². The molecule has 0 bridgehead atoms. The summed E-state index contributed by atoms with van der Waals surface area (Å²) in [6.07, 6.45) is 2.51. The molecule has 1 atom stereocenters. The molecule has 136 valence electrons. The first-order valence-corrected chi connectivity index (χ1v) is 8.52. The van der Waals surface area contributed by atoms with Crippen LogP contribution in [0.25, 0.3) is 0 Å². The van der Waals surface area contributed by atoms with Crippen LogP contribution in [0.3, 0.4) is 0 Å². The van der Waals surface area contributed by atoms with Crippen molar-refractivity contribution < 1.29 is 4.74 Å². The van der Waals surface area contributed by atoms with Crippen molar-refractivity contribution in [1.29, 1.82) is 0 Å². The first-order chi connectivity index (χ1) is 11.1. The Balaban J connectivity index is 0.00000288. The molecule has 6 heteroatoms. The van der Waals surface area contributed by atoms with Crippen LogP contribution in [0, 0.1) is 5.92 Å². The number of benzene rings is 1. The van der Waals surface area contributed by atoms with E-state index < -0.39 is 0 Å². The number of rotatable bonds is 7. The van der Waals surface area contributed by atoms with Crippen molar-refractivity contribution in [3.63, 3.8) is 0 Å². The number of halogens is 1. The van der Waals surface area contributed by atoms with Crippen molar-refractivity contribution in [2.75, 3.05) is 33.3 Å². The highest BCUT2D eigenvalue weighted by molar-refractivity contribution is 14.0. The van der Waals surface area contributed by atoms with Gasteiger partial charge in [-0.3, -0.25) is 9.89 Å². The Hall–Kier alpha value is -1.02. The lowest BCUT2D eigenvalue weighted by atomic mass is 10.0. The highest BCUT2D eigenvalue weighted by Crippen LogP contribution is 2.31. The summed E-state index contributed by atoms with van der Waals surface area (Å²) in [5.41, 5.74) is 7.22. The Labute approximate surface area is 163 Å². The van der Waals surface area contributed by atoms with Crippen LogP contribution < -0.4 is 15.8 Å². The summed E-state index contributed by atoms with van der Waals surface area (Å²) in [5.74, 6) is 1.97. The molecule has 1 aromatic rings. The molecule has 0 radical (unpaired) electrons. The van der Waals surface area contributed by atoms with Gasteiger partial charge in [-0.25, -0.2) is 0 Å². The average Bonchev–Trinajstić information content (AvgIpc) is 3.08. The molecule has 1 aliphatic heterocycles. The van der Waals surface area contributed by atoms with Gasteiger partial charge in [0.2, 0.25) is 0 Å². The number of aliphatic imine (C=N–C) groups is 1. The monoisotopic (exact) mass is 446 g/mol. The van der Waals surface area contributed by atoms with Crippen molar-refractivity contribution in [2.24, 2.45) is 16.6 Å². The van der Waals surface area contributed by atoms with Crippen molar-refractivity contribution in [3.05, 3.63) is 29.8 Å². The Kier molecular flexibility index (Phi) is 9.43. The van der Waals surface area contributed by atoms with Crippen molar-refractivity contribution in [1.82, 2.24) is 10.2 Å². The molecule has 2 rings (SSSR count). The molecule has 1 aromatic carbocycles. The predicted octanol–water partition coefficient (Wildman–Crippen LogP) is 3.01. The lowest BCUT2D eigenvalue weighted by molar-refractivity contribution is 0.239. The minimum Gasteiger partial charge on any atom is -0.496 e. The largest absolute Gasteiger partial charge is 0.496 e. The van der Waals surface area contributed by atoms with Gasteiger partial charge in [-0.1, -0.05) is 32.0 Å². The molecule has 0 saturated carbocycles. The van der Waals surface area contributed by atoms with Gasteiger partial charge in [0.1, 0.15) is 5.75 Å². The standard InChI is InChI=1S/C18H30N4O.HI/c1-14(2)12-20-18(19)21-13-16(22-10-6-7-11-22)15-8-4-5-9-17(15)23-3;/h4-5,8-9,14,16H,6-7,10-13H2,1-3H3,(H3,19,20,21);1H. The lowest BCUT2D eigenvalue weighted by Gasteiger charge is -2.29. The van der Waals surface area contributed by atoms with Gasteiger partial charge < -0.3 is 15.8 Å². The number of methoxy groups -OCH3 is 1. The molecular weight excluding hydrogens is 415 g/mol. The molecule has 1 aliphatic rings. The fraction of sp³-hybridized carbons (Fsp3) is 0.611. The van der Waals surface area contributed by atoms with E-state index in [0.29, 0.717) is 11.9 Å². The van der Waals surface area contributed by atoms with Crippen LogP contribution in [0.2, 0.25) is 0 Å². The summed E-state index contributed by atoms with van der Waals surface area (Å²) in [6, 6.07) is 8.49. The first-order valence-electron chi connectivity index (χ1n) is 8.52. The summed E-state index contributed by atoms with van der Waals surface area (Å²) in [4.78, 5) is 6.89. The number of nitrogens with one attached hydrogen (secondary N) is 1. The smallest absolute Gasteiger partial charge is 0.188 e. The van der Waals surface area contributed by atoms with Gasteiger partial charge in [-0.15, -0.1) is 24.0 Å². The SMILES string of the molecule is COc1ccccc1C(CNC(N)=NCC(C)C)N1CCCC1.I. The van der Waals surface area contributed by atoms with Gasteiger partial charge in [0.15, 0.2) is 5.96 Å². The molecule has 0 aromatic heterocycles.